The van der Waals surface area contributed by atoms with E-state index in [2.05, 4.69) is 0 Å². The summed E-state index contributed by atoms with van der Waals surface area (Å²) in [5.74, 6) is 0.232. The molecule has 2 atom stereocenters. The number of phenols is 2. The minimum absolute atomic E-state index is 0.0633. The molecular formula is C9H11NO2. The molecule has 1 aliphatic carbocycles. The molecule has 3 heteroatoms. The fourth-order valence-corrected chi connectivity index (χ4v) is 1.37. The number of phenolic OH excluding ortho intramolecular Hbond substituents is 2. The first-order chi connectivity index (χ1) is 5.68. The summed E-state index contributed by atoms with van der Waals surface area (Å²) in [5.41, 5.74) is 6.65. The summed E-state index contributed by atoms with van der Waals surface area (Å²) in [6.45, 7) is 0. The Morgan fingerprint density at radius 2 is 1.92 bits per heavy atom. The standard InChI is InChI=1S/C9H11NO2/c10-7-4-6(7)5-1-2-8(11)9(12)3-5/h1-3,6-7,11-12H,4,10H2/t6-,7?/m0/s1. The minimum atomic E-state index is -0.0760. The van der Waals surface area contributed by atoms with E-state index in [0.717, 1.165) is 12.0 Å². The average molecular weight is 165 g/mol. The van der Waals surface area contributed by atoms with Crippen molar-refractivity contribution in [2.45, 2.75) is 18.4 Å². The van der Waals surface area contributed by atoms with E-state index in [0.29, 0.717) is 5.92 Å². The van der Waals surface area contributed by atoms with Crippen LogP contribution in [0.15, 0.2) is 18.2 Å². The summed E-state index contributed by atoms with van der Waals surface area (Å²) in [5, 5.41) is 18.2. The van der Waals surface area contributed by atoms with E-state index in [1.165, 1.54) is 6.07 Å². The second-order valence-corrected chi connectivity index (χ2v) is 3.25. The van der Waals surface area contributed by atoms with Gasteiger partial charge >= 0.3 is 0 Å². The lowest BCUT2D eigenvalue weighted by Gasteiger charge is -2.01. The lowest BCUT2D eigenvalue weighted by molar-refractivity contribution is 0.403. The largest absolute Gasteiger partial charge is 0.504 e. The van der Waals surface area contributed by atoms with Crippen LogP contribution >= 0.6 is 0 Å². The van der Waals surface area contributed by atoms with Crippen molar-refractivity contribution in [3.8, 4) is 11.5 Å². The van der Waals surface area contributed by atoms with E-state index in [-0.39, 0.29) is 17.5 Å². The average Bonchev–Trinajstić information content (AvgIpc) is 2.73. The van der Waals surface area contributed by atoms with Crippen LogP contribution in [0.3, 0.4) is 0 Å². The third kappa shape index (κ3) is 1.12. The maximum Gasteiger partial charge on any atom is 0.157 e. The van der Waals surface area contributed by atoms with Gasteiger partial charge in [0.15, 0.2) is 11.5 Å². The number of nitrogens with two attached hydrogens (primary N) is 1. The summed E-state index contributed by atoms with van der Waals surface area (Å²) in [4.78, 5) is 0. The van der Waals surface area contributed by atoms with Gasteiger partial charge in [0.1, 0.15) is 0 Å². The molecule has 1 aromatic carbocycles. The van der Waals surface area contributed by atoms with Gasteiger partial charge < -0.3 is 15.9 Å². The number of aromatic hydroxyl groups is 2. The maximum absolute atomic E-state index is 9.17. The molecule has 2 rings (SSSR count). The lowest BCUT2D eigenvalue weighted by Crippen LogP contribution is -2.00. The van der Waals surface area contributed by atoms with Gasteiger partial charge in [0.05, 0.1) is 0 Å². The maximum atomic E-state index is 9.17. The predicted molar refractivity (Wildman–Crippen MR) is 45.1 cm³/mol. The van der Waals surface area contributed by atoms with Crippen LogP contribution in [0.25, 0.3) is 0 Å². The molecule has 1 fully saturated rings. The summed E-state index contributed by atoms with van der Waals surface area (Å²) >= 11 is 0. The van der Waals surface area contributed by atoms with Crippen molar-refractivity contribution < 1.29 is 10.2 Å². The van der Waals surface area contributed by atoms with Gasteiger partial charge in [-0.3, -0.25) is 0 Å². The fraction of sp³-hybridized carbons (Fsp3) is 0.333. The van der Waals surface area contributed by atoms with E-state index < -0.39 is 0 Å². The van der Waals surface area contributed by atoms with E-state index in [1.807, 2.05) is 0 Å². The molecule has 64 valence electrons. The Bertz CT molecular complexity index is 311. The first kappa shape index (κ1) is 7.43. The predicted octanol–water partition coefficient (Wildman–Crippen LogP) is 0.912. The molecule has 3 nitrogen and oxygen atoms in total. The second kappa shape index (κ2) is 2.38. The number of hydrogen-bond donors (Lipinski definition) is 3. The van der Waals surface area contributed by atoms with Gasteiger partial charge in [-0.2, -0.15) is 0 Å². The number of hydrogen-bond acceptors (Lipinski definition) is 3. The molecule has 0 saturated heterocycles. The van der Waals surface area contributed by atoms with E-state index in [9.17, 15) is 5.11 Å². The molecule has 0 aliphatic heterocycles. The monoisotopic (exact) mass is 165 g/mol. The van der Waals surface area contributed by atoms with Gasteiger partial charge in [-0.1, -0.05) is 6.07 Å². The first-order valence-corrected chi connectivity index (χ1v) is 3.96. The molecular weight excluding hydrogens is 154 g/mol. The Morgan fingerprint density at radius 1 is 1.25 bits per heavy atom. The van der Waals surface area contributed by atoms with Gasteiger partial charge in [0, 0.05) is 12.0 Å². The van der Waals surface area contributed by atoms with Crippen molar-refractivity contribution in [3.63, 3.8) is 0 Å². The van der Waals surface area contributed by atoms with Crippen LogP contribution in [0.5, 0.6) is 11.5 Å². The van der Waals surface area contributed by atoms with Crippen LogP contribution < -0.4 is 5.73 Å². The molecule has 1 saturated carbocycles. The summed E-state index contributed by atoms with van der Waals surface area (Å²) in [6, 6.07) is 5.10. The third-order valence-electron chi connectivity index (χ3n) is 2.27. The van der Waals surface area contributed by atoms with Crippen LogP contribution in [0.1, 0.15) is 17.9 Å². The Kier molecular flexibility index (Phi) is 1.48. The topological polar surface area (TPSA) is 66.5 Å². The molecule has 0 spiro atoms. The summed E-state index contributed by atoms with van der Waals surface area (Å²) < 4.78 is 0. The fourth-order valence-electron chi connectivity index (χ4n) is 1.37. The minimum Gasteiger partial charge on any atom is -0.504 e. The molecule has 4 N–H and O–H groups in total. The molecule has 1 aromatic rings. The van der Waals surface area contributed by atoms with E-state index >= 15 is 0 Å². The molecule has 1 unspecified atom stereocenters. The van der Waals surface area contributed by atoms with Crippen LogP contribution in [-0.2, 0) is 0 Å². The quantitative estimate of drug-likeness (QED) is 0.542. The highest BCUT2D eigenvalue weighted by Gasteiger charge is 2.34. The van der Waals surface area contributed by atoms with Crippen molar-refractivity contribution in [2.75, 3.05) is 0 Å². The van der Waals surface area contributed by atoms with Gasteiger partial charge in [-0.25, -0.2) is 0 Å². The van der Waals surface area contributed by atoms with Gasteiger partial charge in [0.25, 0.3) is 0 Å². The molecule has 12 heavy (non-hydrogen) atoms. The lowest BCUT2D eigenvalue weighted by atomic mass is 10.1. The smallest absolute Gasteiger partial charge is 0.157 e. The van der Waals surface area contributed by atoms with Crippen LogP contribution in [-0.4, -0.2) is 16.3 Å². The Labute approximate surface area is 70.4 Å². The number of rotatable bonds is 1. The second-order valence-electron chi connectivity index (χ2n) is 3.25. The highest BCUT2D eigenvalue weighted by atomic mass is 16.3. The SMILES string of the molecule is NC1C[C@H]1c1ccc(O)c(O)c1. The summed E-state index contributed by atoms with van der Waals surface area (Å²) in [6.07, 6.45) is 0.976. The zero-order chi connectivity index (χ0) is 8.72. The van der Waals surface area contributed by atoms with Crippen molar-refractivity contribution >= 4 is 0 Å². The van der Waals surface area contributed by atoms with Crippen molar-refractivity contribution in [1.29, 1.82) is 0 Å². The van der Waals surface area contributed by atoms with Gasteiger partial charge in [0.2, 0.25) is 0 Å². The highest BCUT2D eigenvalue weighted by Crippen LogP contribution is 2.41. The molecule has 0 amide bonds. The Hall–Kier alpha value is -1.22. The van der Waals surface area contributed by atoms with Crippen LogP contribution in [0.2, 0.25) is 0 Å². The molecule has 0 bridgehead atoms. The van der Waals surface area contributed by atoms with E-state index in [4.69, 9.17) is 10.8 Å². The van der Waals surface area contributed by atoms with Crippen LogP contribution in [0.4, 0.5) is 0 Å². The van der Waals surface area contributed by atoms with E-state index in [1.54, 1.807) is 12.1 Å². The molecule has 1 aliphatic rings. The molecule has 0 radical (unpaired) electrons. The Morgan fingerprint density at radius 3 is 2.42 bits per heavy atom. The number of benzene rings is 1. The third-order valence-corrected chi connectivity index (χ3v) is 2.27. The van der Waals surface area contributed by atoms with Crippen molar-refractivity contribution in [1.82, 2.24) is 0 Å². The molecule has 0 heterocycles. The van der Waals surface area contributed by atoms with Crippen LogP contribution in [0, 0.1) is 0 Å². The Balaban J connectivity index is 2.29. The first-order valence-electron chi connectivity index (χ1n) is 3.96. The molecule has 0 aromatic heterocycles. The van der Waals surface area contributed by atoms with Crippen molar-refractivity contribution in [2.24, 2.45) is 5.73 Å². The zero-order valence-electron chi connectivity index (χ0n) is 6.57. The zero-order valence-corrected chi connectivity index (χ0v) is 6.57. The highest BCUT2D eigenvalue weighted by molar-refractivity contribution is 5.43. The summed E-state index contributed by atoms with van der Waals surface area (Å²) in [7, 11) is 0. The normalized spacial score (nSPS) is 27.1. The van der Waals surface area contributed by atoms with Gasteiger partial charge in [-0.15, -0.1) is 0 Å². The van der Waals surface area contributed by atoms with Crippen molar-refractivity contribution in [3.05, 3.63) is 23.8 Å². The van der Waals surface area contributed by atoms with Gasteiger partial charge in [-0.05, 0) is 24.1 Å².